The van der Waals surface area contributed by atoms with Crippen molar-refractivity contribution in [2.75, 3.05) is 32.4 Å². The number of β-amino-alcohol motifs (C(OH)–C–C–N with tert-alkyl or cyclic N) is 1. The Morgan fingerprint density at radius 2 is 1.68 bits per heavy atom. The number of imidazole rings is 1. The van der Waals surface area contributed by atoms with E-state index in [1.807, 2.05) is 12.1 Å². The van der Waals surface area contributed by atoms with Gasteiger partial charge < -0.3 is 15.1 Å². The Bertz CT molecular complexity index is 1960. The Morgan fingerprint density at radius 1 is 1.02 bits per heavy atom. The fourth-order valence-electron chi connectivity index (χ4n) is 6.74. The molecule has 2 N–H and O–H groups in total. The lowest BCUT2D eigenvalue weighted by molar-refractivity contribution is -0.138. The molecular weight excluding hydrogens is 641 g/mol. The highest BCUT2D eigenvalue weighted by atomic mass is 32.2. The van der Waals surface area contributed by atoms with Gasteiger partial charge in [-0.15, -0.1) is 0 Å². The number of alkyl halides is 3. The molecule has 47 heavy (non-hydrogen) atoms. The Kier molecular flexibility index (Phi) is 8.80. The number of likely N-dealkylation sites (tertiary alicyclic amines) is 1. The van der Waals surface area contributed by atoms with Gasteiger partial charge in [0.15, 0.2) is 0 Å². The summed E-state index contributed by atoms with van der Waals surface area (Å²) in [6, 6.07) is 11.5. The van der Waals surface area contributed by atoms with E-state index in [1.54, 1.807) is 21.4 Å². The topological polar surface area (TPSA) is 143 Å². The number of rotatable bonds is 9. The van der Waals surface area contributed by atoms with Crippen molar-refractivity contribution in [3.05, 3.63) is 75.8 Å². The summed E-state index contributed by atoms with van der Waals surface area (Å²) in [4.78, 5) is 26.7. The molecule has 0 bridgehead atoms. The van der Waals surface area contributed by atoms with Gasteiger partial charge in [0.25, 0.3) is 0 Å². The first-order valence-electron chi connectivity index (χ1n) is 15.2. The third-order valence-electron chi connectivity index (χ3n) is 8.99. The number of aliphatic hydroxyl groups excluding tert-OH is 1. The maximum Gasteiger partial charge on any atom is 0.416 e. The second kappa shape index (κ2) is 12.6. The van der Waals surface area contributed by atoms with Crippen LogP contribution in [0.3, 0.4) is 0 Å². The summed E-state index contributed by atoms with van der Waals surface area (Å²) >= 11 is 0. The van der Waals surface area contributed by atoms with Crippen LogP contribution in [0.4, 0.5) is 13.2 Å². The van der Waals surface area contributed by atoms with Gasteiger partial charge in [-0.05, 0) is 37.1 Å². The van der Waals surface area contributed by atoms with Crippen LogP contribution in [0.2, 0.25) is 0 Å². The molecule has 1 unspecified atom stereocenters. The van der Waals surface area contributed by atoms with E-state index in [0.29, 0.717) is 66.8 Å². The third kappa shape index (κ3) is 6.72. The van der Waals surface area contributed by atoms with E-state index in [9.17, 15) is 41.4 Å². The van der Waals surface area contributed by atoms with Crippen LogP contribution in [0.15, 0.2) is 53.3 Å². The molecule has 0 radical (unpaired) electrons. The normalized spacial score (nSPS) is 17.6. The predicted octanol–water partition coefficient (Wildman–Crippen LogP) is 2.79. The zero-order valence-corrected chi connectivity index (χ0v) is 26.4. The molecule has 1 fully saturated rings. The minimum atomic E-state index is -4.50. The maximum absolute atomic E-state index is 13.3. The van der Waals surface area contributed by atoms with E-state index in [4.69, 9.17) is 0 Å². The van der Waals surface area contributed by atoms with Crippen molar-refractivity contribution in [1.82, 2.24) is 28.1 Å². The van der Waals surface area contributed by atoms with Gasteiger partial charge >= 0.3 is 17.8 Å². The van der Waals surface area contributed by atoms with Crippen LogP contribution in [-0.2, 0) is 47.0 Å². The van der Waals surface area contributed by atoms with Gasteiger partial charge in [0.05, 0.1) is 41.2 Å². The molecule has 252 valence electrons. The molecule has 4 aromatic rings. The summed E-state index contributed by atoms with van der Waals surface area (Å²) in [6.07, 6.45) is -2.69. The summed E-state index contributed by atoms with van der Waals surface area (Å²) < 4.78 is 70.1. The monoisotopic (exact) mass is 676 g/mol. The van der Waals surface area contributed by atoms with Gasteiger partial charge in [0, 0.05) is 62.0 Å². The van der Waals surface area contributed by atoms with Crippen LogP contribution in [0, 0.1) is 0 Å². The van der Waals surface area contributed by atoms with Crippen molar-refractivity contribution in [1.29, 1.82) is 0 Å². The average Bonchev–Trinajstić information content (AvgIpc) is 3.50. The fraction of sp³-hybridized carbons (Fsp3) is 0.452. The van der Waals surface area contributed by atoms with Crippen molar-refractivity contribution in [2.24, 2.45) is 0 Å². The Labute approximate surface area is 268 Å². The minimum absolute atomic E-state index is 0.0242. The van der Waals surface area contributed by atoms with Gasteiger partial charge in [0.2, 0.25) is 10.0 Å². The Balaban J connectivity index is 1.17. The van der Waals surface area contributed by atoms with Crippen molar-refractivity contribution in [2.45, 2.75) is 57.2 Å². The number of fused-ring (bicyclic) bond motifs is 2. The molecule has 0 spiro atoms. The standard InChI is InChI=1S/C31H35F3N6O6S/c1-47(45,46)37-15-12-25-24(18-37)29(20-6-8-21(9-7-20)31(32,33)34)35-39(25)17-23(41)16-36-13-10-22(11-14-36)40-27-5-3-2-4-26(27)38(30(40)44)19-28(42)43/h2-9,22-23,41H,10-19H2,1H3,(H,42,43). The SMILES string of the molecule is CS(=O)(=O)N1CCc2c(c(-c3ccc(C(F)(F)F)cc3)nn2CC(O)CN2CCC(n3c(=O)n(CC(=O)O)c4ccccc43)CC2)C1. The van der Waals surface area contributed by atoms with E-state index >= 15 is 0 Å². The van der Waals surface area contributed by atoms with Crippen LogP contribution in [0.5, 0.6) is 0 Å². The first kappa shape index (κ1) is 32.9. The van der Waals surface area contributed by atoms with Gasteiger partial charge in [-0.2, -0.15) is 22.6 Å². The molecule has 1 saturated heterocycles. The number of aliphatic hydroxyl groups is 1. The van der Waals surface area contributed by atoms with E-state index in [0.717, 1.165) is 24.1 Å². The van der Waals surface area contributed by atoms with Gasteiger partial charge in [0.1, 0.15) is 6.54 Å². The van der Waals surface area contributed by atoms with E-state index in [-0.39, 0.29) is 31.4 Å². The van der Waals surface area contributed by atoms with Crippen LogP contribution < -0.4 is 5.69 Å². The van der Waals surface area contributed by atoms with Gasteiger partial charge in [-0.25, -0.2) is 13.2 Å². The molecule has 1 atom stereocenters. The summed E-state index contributed by atoms with van der Waals surface area (Å²) in [6.45, 7) is 1.40. The maximum atomic E-state index is 13.3. The quantitative estimate of drug-likeness (QED) is 0.276. The molecule has 2 aliphatic rings. The van der Waals surface area contributed by atoms with Crippen molar-refractivity contribution in [3.8, 4) is 11.3 Å². The summed E-state index contributed by atoms with van der Waals surface area (Å²) in [5.41, 5.74) is 2.20. The largest absolute Gasteiger partial charge is 0.480 e. The summed E-state index contributed by atoms with van der Waals surface area (Å²) in [5, 5.41) is 25.2. The molecule has 0 aliphatic carbocycles. The molecule has 0 amide bonds. The number of halogens is 3. The lowest BCUT2D eigenvalue weighted by atomic mass is 10.0. The number of carboxylic acid groups (broad SMARTS) is 1. The first-order chi connectivity index (χ1) is 22.2. The highest BCUT2D eigenvalue weighted by molar-refractivity contribution is 7.88. The van der Waals surface area contributed by atoms with Gasteiger partial charge in [-0.1, -0.05) is 24.3 Å². The number of nitrogens with zero attached hydrogens (tertiary/aromatic N) is 6. The molecule has 2 aromatic carbocycles. The minimum Gasteiger partial charge on any atom is -0.480 e. The van der Waals surface area contributed by atoms with Crippen LogP contribution in [-0.4, -0.2) is 91.3 Å². The highest BCUT2D eigenvalue weighted by Gasteiger charge is 2.33. The number of benzene rings is 2. The van der Waals surface area contributed by atoms with Crippen molar-refractivity contribution < 1.29 is 36.6 Å². The number of hydrogen-bond acceptors (Lipinski definition) is 7. The number of aromatic nitrogens is 4. The second-order valence-electron chi connectivity index (χ2n) is 12.2. The van der Waals surface area contributed by atoms with E-state index in [2.05, 4.69) is 10.00 Å². The number of hydrogen-bond donors (Lipinski definition) is 2. The fourth-order valence-corrected chi connectivity index (χ4v) is 7.52. The highest BCUT2D eigenvalue weighted by Crippen LogP contribution is 2.34. The number of para-hydroxylation sites is 2. The number of piperidine rings is 1. The lowest BCUT2D eigenvalue weighted by Gasteiger charge is -2.33. The van der Waals surface area contributed by atoms with Crippen LogP contribution in [0.25, 0.3) is 22.3 Å². The second-order valence-corrected chi connectivity index (χ2v) is 14.2. The Morgan fingerprint density at radius 3 is 2.30 bits per heavy atom. The Hall–Kier alpha value is -3.99. The van der Waals surface area contributed by atoms with Crippen LogP contribution >= 0.6 is 0 Å². The molecule has 6 rings (SSSR count). The van der Waals surface area contributed by atoms with Crippen molar-refractivity contribution >= 4 is 27.0 Å². The predicted molar refractivity (Wildman–Crippen MR) is 166 cm³/mol. The summed E-state index contributed by atoms with van der Waals surface area (Å²) in [7, 11) is -3.53. The number of carboxylic acids is 1. The first-order valence-corrected chi connectivity index (χ1v) is 17.1. The molecule has 2 aromatic heterocycles. The number of sulfonamides is 1. The van der Waals surface area contributed by atoms with Crippen molar-refractivity contribution in [3.63, 3.8) is 0 Å². The van der Waals surface area contributed by atoms with Gasteiger partial charge in [-0.3, -0.25) is 18.6 Å². The number of aliphatic carboxylic acids is 1. The molecule has 12 nitrogen and oxygen atoms in total. The van der Waals surface area contributed by atoms with E-state index in [1.165, 1.54) is 21.0 Å². The average molecular weight is 677 g/mol. The van der Waals surface area contributed by atoms with E-state index < -0.39 is 40.4 Å². The zero-order valence-electron chi connectivity index (χ0n) is 25.6. The smallest absolute Gasteiger partial charge is 0.416 e. The van der Waals surface area contributed by atoms with Crippen LogP contribution in [0.1, 0.15) is 35.7 Å². The molecule has 4 heterocycles. The molecule has 2 aliphatic heterocycles. The molecule has 16 heteroatoms. The molecular formula is C31H35F3N6O6S. The zero-order chi connectivity index (χ0) is 33.7. The molecule has 0 saturated carbocycles. The number of carbonyl (C=O) groups is 1. The third-order valence-corrected chi connectivity index (χ3v) is 10.2. The lowest BCUT2D eigenvalue weighted by Crippen LogP contribution is -2.42. The summed E-state index contributed by atoms with van der Waals surface area (Å²) in [5.74, 6) is -1.10.